The Hall–Kier alpha value is -1.94. The third-order valence-corrected chi connectivity index (χ3v) is 2.94. The summed E-state index contributed by atoms with van der Waals surface area (Å²) in [6.07, 6.45) is 2.31. The smallest absolute Gasteiger partial charge is 0.270 e. The van der Waals surface area contributed by atoms with Gasteiger partial charge in [0.2, 0.25) is 0 Å². The second-order valence-corrected chi connectivity index (χ2v) is 4.14. The van der Waals surface area contributed by atoms with Crippen molar-refractivity contribution in [1.29, 1.82) is 0 Å². The first-order chi connectivity index (χ1) is 8.76. The lowest BCUT2D eigenvalue weighted by molar-refractivity contribution is 0.0912. The summed E-state index contributed by atoms with van der Waals surface area (Å²) in [6, 6.07) is 9.26. The number of fused-ring (bicyclic) bond motifs is 1. The second-order valence-electron chi connectivity index (χ2n) is 4.14. The van der Waals surface area contributed by atoms with E-state index in [-0.39, 0.29) is 18.6 Å². The Morgan fingerprint density at radius 3 is 2.89 bits per heavy atom. The number of nitrogens with one attached hydrogen (secondary N) is 1. The molecule has 0 saturated heterocycles. The van der Waals surface area contributed by atoms with E-state index in [1.54, 1.807) is 6.20 Å². The van der Waals surface area contributed by atoms with Gasteiger partial charge < -0.3 is 10.4 Å². The van der Waals surface area contributed by atoms with Gasteiger partial charge in [-0.1, -0.05) is 31.2 Å². The zero-order valence-electron chi connectivity index (χ0n) is 10.3. The Morgan fingerprint density at radius 2 is 2.17 bits per heavy atom. The molecule has 0 fully saturated rings. The number of benzene rings is 1. The number of aromatic nitrogens is 1. The Labute approximate surface area is 106 Å². The molecule has 0 aliphatic heterocycles. The molecule has 2 aromatic rings. The minimum atomic E-state index is -0.243. The highest BCUT2D eigenvalue weighted by Gasteiger charge is 2.14. The molecule has 1 aromatic carbocycles. The van der Waals surface area contributed by atoms with Gasteiger partial charge in [0.05, 0.1) is 12.6 Å². The first-order valence-corrected chi connectivity index (χ1v) is 6.01. The zero-order chi connectivity index (χ0) is 13.0. The molecule has 1 heterocycles. The van der Waals surface area contributed by atoms with Crippen molar-refractivity contribution in [2.45, 2.75) is 19.4 Å². The average molecular weight is 244 g/mol. The number of aliphatic hydroxyl groups is 1. The highest BCUT2D eigenvalue weighted by molar-refractivity contribution is 6.05. The van der Waals surface area contributed by atoms with E-state index in [2.05, 4.69) is 10.3 Å². The van der Waals surface area contributed by atoms with Gasteiger partial charge in [0.1, 0.15) is 5.69 Å². The number of amides is 1. The van der Waals surface area contributed by atoms with Crippen LogP contribution in [0.15, 0.2) is 36.5 Å². The van der Waals surface area contributed by atoms with Crippen LogP contribution in [0.4, 0.5) is 0 Å². The normalized spacial score (nSPS) is 12.3. The van der Waals surface area contributed by atoms with E-state index in [1.165, 1.54) is 0 Å². The number of hydrogen-bond donors (Lipinski definition) is 2. The molecule has 0 aliphatic carbocycles. The highest BCUT2D eigenvalue weighted by atomic mass is 16.3. The maximum absolute atomic E-state index is 12.1. The van der Waals surface area contributed by atoms with Crippen LogP contribution in [0, 0.1) is 0 Å². The number of carbonyl (C=O) groups excluding carboxylic acids is 1. The van der Waals surface area contributed by atoms with E-state index >= 15 is 0 Å². The van der Waals surface area contributed by atoms with Gasteiger partial charge in [0, 0.05) is 11.6 Å². The van der Waals surface area contributed by atoms with Crippen LogP contribution in [-0.2, 0) is 0 Å². The zero-order valence-corrected chi connectivity index (χ0v) is 10.3. The van der Waals surface area contributed by atoms with Crippen molar-refractivity contribution in [3.8, 4) is 0 Å². The average Bonchev–Trinajstić information content (AvgIpc) is 2.43. The lowest BCUT2D eigenvalue weighted by Gasteiger charge is -2.14. The molecule has 1 aromatic heterocycles. The Kier molecular flexibility index (Phi) is 3.89. The fourth-order valence-electron chi connectivity index (χ4n) is 1.83. The van der Waals surface area contributed by atoms with E-state index < -0.39 is 0 Å². The third kappa shape index (κ3) is 2.49. The standard InChI is InChI=1S/C14H16N2O2/c1-2-11(9-17)16-14(18)13-12-6-4-3-5-10(12)7-8-15-13/h3-8,11,17H,2,9H2,1H3,(H,16,18). The fourth-order valence-corrected chi connectivity index (χ4v) is 1.83. The van der Waals surface area contributed by atoms with Crippen molar-refractivity contribution in [2.24, 2.45) is 0 Å². The summed E-state index contributed by atoms with van der Waals surface area (Å²) in [5.41, 5.74) is 0.403. The van der Waals surface area contributed by atoms with E-state index in [0.717, 1.165) is 10.8 Å². The molecule has 1 unspecified atom stereocenters. The van der Waals surface area contributed by atoms with Crippen LogP contribution < -0.4 is 5.32 Å². The van der Waals surface area contributed by atoms with Crippen molar-refractivity contribution in [1.82, 2.24) is 10.3 Å². The first-order valence-electron chi connectivity index (χ1n) is 6.01. The number of rotatable bonds is 4. The molecule has 2 N–H and O–H groups in total. The summed E-state index contributed by atoms with van der Waals surface area (Å²) in [5, 5.41) is 13.7. The van der Waals surface area contributed by atoms with Crippen molar-refractivity contribution in [3.63, 3.8) is 0 Å². The van der Waals surface area contributed by atoms with Gasteiger partial charge in [-0.25, -0.2) is 0 Å². The molecule has 0 spiro atoms. The lowest BCUT2D eigenvalue weighted by atomic mass is 10.1. The number of aliphatic hydroxyl groups excluding tert-OH is 1. The monoisotopic (exact) mass is 244 g/mol. The minimum Gasteiger partial charge on any atom is -0.394 e. The molecule has 2 rings (SSSR count). The maximum atomic E-state index is 12.1. The van der Waals surface area contributed by atoms with Crippen LogP contribution in [0.1, 0.15) is 23.8 Å². The highest BCUT2D eigenvalue weighted by Crippen LogP contribution is 2.16. The molecule has 0 aliphatic rings. The third-order valence-electron chi connectivity index (χ3n) is 2.94. The van der Waals surface area contributed by atoms with Gasteiger partial charge in [-0.05, 0) is 17.9 Å². The number of hydrogen-bond acceptors (Lipinski definition) is 3. The van der Waals surface area contributed by atoms with Crippen LogP contribution in [0.25, 0.3) is 10.8 Å². The van der Waals surface area contributed by atoms with Gasteiger partial charge in [-0.3, -0.25) is 9.78 Å². The summed E-state index contributed by atoms with van der Waals surface area (Å²) in [4.78, 5) is 16.2. The van der Waals surface area contributed by atoms with Crippen LogP contribution in [0.3, 0.4) is 0 Å². The summed E-state index contributed by atoms with van der Waals surface area (Å²) < 4.78 is 0. The molecule has 4 nitrogen and oxygen atoms in total. The molecule has 18 heavy (non-hydrogen) atoms. The molecule has 0 saturated carbocycles. The van der Waals surface area contributed by atoms with Crippen LogP contribution in [0.5, 0.6) is 0 Å². The van der Waals surface area contributed by atoms with E-state index in [1.807, 2.05) is 37.3 Å². The summed E-state index contributed by atoms with van der Waals surface area (Å²) >= 11 is 0. The Morgan fingerprint density at radius 1 is 1.39 bits per heavy atom. The van der Waals surface area contributed by atoms with Gasteiger partial charge in [-0.2, -0.15) is 0 Å². The van der Waals surface area contributed by atoms with Crippen molar-refractivity contribution in [3.05, 3.63) is 42.2 Å². The van der Waals surface area contributed by atoms with Crippen molar-refractivity contribution >= 4 is 16.7 Å². The Balaban J connectivity index is 2.33. The molecule has 0 radical (unpaired) electrons. The number of nitrogens with zero attached hydrogens (tertiary/aromatic N) is 1. The molecule has 0 bridgehead atoms. The molecular weight excluding hydrogens is 228 g/mol. The molecule has 1 amide bonds. The lowest BCUT2D eigenvalue weighted by Crippen LogP contribution is -2.37. The Bertz CT molecular complexity index is 545. The predicted octanol–water partition coefficient (Wildman–Crippen LogP) is 1.74. The van der Waals surface area contributed by atoms with Crippen molar-refractivity contribution < 1.29 is 9.90 Å². The largest absolute Gasteiger partial charge is 0.394 e. The van der Waals surface area contributed by atoms with E-state index in [0.29, 0.717) is 12.1 Å². The summed E-state index contributed by atoms with van der Waals surface area (Å²) in [6.45, 7) is 1.85. The van der Waals surface area contributed by atoms with Crippen molar-refractivity contribution in [2.75, 3.05) is 6.61 Å². The molecule has 1 atom stereocenters. The minimum absolute atomic E-state index is 0.0625. The summed E-state index contributed by atoms with van der Waals surface area (Å²) in [7, 11) is 0. The van der Waals surface area contributed by atoms with E-state index in [9.17, 15) is 4.79 Å². The van der Waals surface area contributed by atoms with Crippen LogP contribution in [0.2, 0.25) is 0 Å². The molecular formula is C14H16N2O2. The van der Waals surface area contributed by atoms with Gasteiger partial charge in [0.25, 0.3) is 5.91 Å². The maximum Gasteiger partial charge on any atom is 0.270 e. The second kappa shape index (κ2) is 5.60. The molecule has 4 heteroatoms. The number of carbonyl (C=O) groups is 1. The predicted molar refractivity (Wildman–Crippen MR) is 70.4 cm³/mol. The summed E-state index contributed by atoms with van der Waals surface area (Å²) in [5.74, 6) is -0.243. The van der Waals surface area contributed by atoms with E-state index in [4.69, 9.17) is 5.11 Å². The fraction of sp³-hybridized carbons (Fsp3) is 0.286. The SMILES string of the molecule is CCC(CO)NC(=O)c1nccc2ccccc12. The number of pyridine rings is 1. The van der Waals surface area contributed by atoms with Gasteiger partial charge in [-0.15, -0.1) is 0 Å². The topological polar surface area (TPSA) is 62.2 Å². The van der Waals surface area contributed by atoms with Crippen LogP contribution >= 0.6 is 0 Å². The van der Waals surface area contributed by atoms with Gasteiger partial charge >= 0.3 is 0 Å². The first kappa shape index (κ1) is 12.5. The van der Waals surface area contributed by atoms with Gasteiger partial charge in [0.15, 0.2) is 0 Å². The molecule has 94 valence electrons. The van der Waals surface area contributed by atoms with Crippen LogP contribution in [-0.4, -0.2) is 28.6 Å². The quantitative estimate of drug-likeness (QED) is 0.861.